The minimum atomic E-state index is -0.236. The van der Waals surface area contributed by atoms with Crippen LogP contribution in [0.25, 0.3) is 0 Å². The van der Waals surface area contributed by atoms with Crippen molar-refractivity contribution in [3.05, 3.63) is 29.3 Å². The van der Waals surface area contributed by atoms with Gasteiger partial charge in [0.25, 0.3) is 0 Å². The third-order valence-corrected chi connectivity index (χ3v) is 5.31. The molecule has 2 aliphatic heterocycles. The predicted octanol–water partition coefficient (Wildman–Crippen LogP) is 1.31. The highest BCUT2D eigenvalue weighted by molar-refractivity contribution is 7.99. The number of nitrogens with two attached hydrogens (primary N) is 1. The molecule has 0 radical (unpaired) electrons. The first-order valence-electron chi connectivity index (χ1n) is 6.47. The minimum absolute atomic E-state index is 0.00912. The van der Waals surface area contributed by atoms with Gasteiger partial charge in [0.1, 0.15) is 0 Å². The monoisotopic (exact) mass is 265 g/mol. The molecule has 1 aromatic carbocycles. The zero-order valence-corrected chi connectivity index (χ0v) is 11.2. The summed E-state index contributed by atoms with van der Waals surface area (Å²) in [5.74, 6) is 1.22. The molecule has 0 aliphatic carbocycles. The maximum atomic E-state index is 9.35. The van der Waals surface area contributed by atoms with Gasteiger partial charge in [-0.05, 0) is 35.8 Å². The molecule has 1 unspecified atom stereocenters. The van der Waals surface area contributed by atoms with E-state index in [4.69, 9.17) is 10.5 Å². The fourth-order valence-corrected chi connectivity index (χ4v) is 3.78. The maximum absolute atomic E-state index is 9.35. The molecule has 3 nitrogen and oxygen atoms in total. The van der Waals surface area contributed by atoms with Gasteiger partial charge in [0.05, 0.1) is 25.2 Å². The molecule has 98 valence electrons. The fraction of sp³-hybridized carbons (Fsp3) is 0.571. The van der Waals surface area contributed by atoms with E-state index in [2.05, 4.69) is 18.2 Å². The van der Waals surface area contributed by atoms with E-state index < -0.39 is 0 Å². The number of hydrogen-bond donors (Lipinski definition) is 2. The van der Waals surface area contributed by atoms with Crippen molar-refractivity contribution in [3.8, 4) is 0 Å². The van der Waals surface area contributed by atoms with E-state index in [9.17, 15) is 5.11 Å². The van der Waals surface area contributed by atoms with Crippen molar-refractivity contribution in [3.63, 3.8) is 0 Å². The number of aliphatic hydroxyl groups excluding tert-OH is 1. The summed E-state index contributed by atoms with van der Waals surface area (Å²) in [5.41, 5.74) is 8.58. The predicted molar refractivity (Wildman–Crippen MR) is 73.0 cm³/mol. The molecule has 1 saturated heterocycles. The second-order valence-corrected chi connectivity index (χ2v) is 6.35. The molecule has 1 aromatic rings. The molecule has 0 spiro atoms. The summed E-state index contributed by atoms with van der Waals surface area (Å²) in [5, 5.41) is 9.35. The van der Waals surface area contributed by atoms with Crippen molar-refractivity contribution in [1.82, 2.24) is 0 Å². The second kappa shape index (κ2) is 4.85. The summed E-state index contributed by atoms with van der Waals surface area (Å²) in [6.07, 6.45) is 2.40. The van der Waals surface area contributed by atoms with Crippen LogP contribution in [0, 0.1) is 0 Å². The first-order chi connectivity index (χ1) is 8.76. The lowest BCUT2D eigenvalue weighted by molar-refractivity contribution is -0.0798. The first kappa shape index (κ1) is 12.5. The number of hydrogen-bond acceptors (Lipinski definition) is 4. The molecule has 1 fully saturated rings. The normalized spacial score (nSPS) is 23.0. The molecule has 1 atom stereocenters. The highest BCUT2D eigenvalue weighted by Gasteiger charge is 2.45. The number of ether oxygens (including phenoxy) is 1. The maximum Gasteiger partial charge on any atom is 0.0601 e. The van der Waals surface area contributed by atoms with Gasteiger partial charge in [-0.3, -0.25) is 0 Å². The molecule has 0 aromatic heterocycles. The third-order valence-electron chi connectivity index (χ3n) is 4.11. The second-order valence-electron chi connectivity index (χ2n) is 5.21. The summed E-state index contributed by atoms with van der Waals surface area (Å²) in [6.45, 7) is 1.26. The van der Waals surface area contributed by atoms with Crippen LogP contribution >= 0.6 is 11.8 Å². The van der Waals surface area contributed by atoms with Crippen molar-refractivity contribution in [1.29, 1.82) is 0 Å². The van der Waals surface area contributed by atoms with Crippen LogP contribution in [-0.2, 0) is 16.6 Å². The Kier molecular flexibility index (Phi) is 3.36. The average Bonchev–Trinajstić information content (AvgIpc) is 2.37. The lowest BCUT2D eigenvalue weighted by Crippen LogP contribution is -2.60. The topological polar surface area (TPSA) is 55.5 Å². The number of aliphatic hydroxyl groups is 1. The number of rotatable bonds is 3. The number of fused-ring (bicyclic) bond motifs is 1. The Labute approximate surface area is 112 Å². The number of thioether (sulfide) groups is 1. The van der Waals surface area contributed by atoms with Crippen LogP contribution in [0.4, 0.5) is 0 Å². The van der Waals surface area contributed by atoms with Gasteiger partial charge < -0.3 is 15.6 Å². The van der Waals surface area contributed by atoms with Crippen LogP contribution < -0.4 is 5.73 Å². The largest absolute Gasteiger partial charge is 0.395 e. The first-order valence-corrected chi connectivity index (χ1v) is 7.45. The fourth-order valence-electron chi connectivity index (χ4n) is 2.76. The van der Waals surface area contributed by atoms with Gasteiger partial charge in [0.2, 0.25) is 0 Å². The Morgan fingerprint density at radius 1 is 1.44 bits per heavy atom. The van der Waals surface area contributed by atoms with Crippen LogP contribution in [0.1, 0.15) is 17.5 Å². The Bertz CT molecular complexity index is 445. The zero-order chi connectivity index (χ0) is 12.6. The van der Waals surface area contributed by atoms with E-state index in [0.717, 1.165) is 6.42 Å². The van der Waals surface area contributed by atoms with E-state index in [-0.39, 0.29) is 18.1 Å². The molecule has 2 heterocycles. The average molecular weight is 265 g/mol. The van der Waals surface area contributed by atoms with Gasteiger partial charge in [-0.25, -0.2) is 0 Å². The summed E-state index contributed by atoms with van der Waals surface area (Å²) in [7, 11) is 0. The van der Waals surface area contributed by atoms with Crippen molar-refractivity contribution in [2.75, 3.05) is 25.6 Å². The van der Waals surface area contributed by atoms with Crippen LogP contribution in [0.3, 0.4) is 0 Å². The van der Waals surface area contributed by atoms with Gasteiger partial charge in [0.15, 0.2) is 0 Å². The van der Waals surface area contributed by atoms with E-state index in [1.165, 1.54) is 28.2 Å². The summed E-state index contributed by atoms with van der Waals surface area (Å²) >= 11 is 1.94. The van der Waals surface area contributed by atoms with Crippen LogP contribution in [0.5, 0.6) is 0 Å². The Hall–Kier alpha value is -0.550. The molecule has 18 heavy (non-hydrogen) atoms. The number of aryl methyl sites for hydroxylation is 1. The molecule has 0 amide bonds. The van der Waals surface area contributed by atoms with Crippen molar-refractivity contribution < 1.29 is 9.84 Å². The van der Waals surface area contributed by atoms with E-state index in [1.54, 1.807) is 0 Å². The van der Waals surface area contributed by atoms with Crippen molar-refractivity contribution >= 4 is 11.8 Å². The third kappa shape index (κ3) is 1.88. The lowest BCUT2D eigenvalue weighted by Gasteiger charge is -2.46. The molecule has 4 heteroatoms. The van der Waals surface area contributed by atoms with Crippen LogP contribution in [0.2, 0.25) is 0 Å². The standard InChI is InChI=1S/C14H19NO2S/c15-13(7-16)14(8-17-9-14)11-3-4-12-10(6-11)2-1-5-18-12/h3-4,6,13,16H,1-2,5,7-9,15H2. The lowest BCUT2D eigenvalue weighted by atomic mass is 9.72. The van der Waals surface area contributed by atoms with Gasteiger partial charge >= 0.3 is 0 Å². The highest BCUT2D eigenvalue weighted by atomic mass is 32.2. The highest BCUT2D eigenvalue weighted by Crippen LogP contribution is 2.38. The Balaban J connectivity index is 1.96. The van der Waals surface area contributed by atoms with Gasteiger partial charge in [-0.2, -0.15) is 0 Å². The molecule has 2 aliphatic rings. The molecule has 0 bridgehead atoms. The van der Waals surface area contributed by atoms with Gasteiger partial charge in [-0.1, -0.05) is 12.1 Å². The molecule has 3 rings (SSSR count). The summed E-state index contributed by atoms with van der Waals surface area (Å²) < 4.78 is 5.36. The van der Waals surface area contributed by atoms with Crippen LogP contribution in [-0.4, -0.2) is 36.7 Å². The molecular formula is C14H19NO2S. The molecule has 3 N–H and O–H groups in total. The van der Waals surface area contributed by atoms with Crippen LogP contribution in [0.15, 0.2) is 23.1 Å². The molecular weight excluding hydrogens is 246 g/mol. The van der Waals surface area contributed by atoms with Gasteiger partial charge in [0, 0.05) is 10.9 Å². The zero-order valence-electron chi connectivity index (χ0n) is 10.4. The summed E-state index contributed by atoms with van der Waals surface area (Å²) in [6, 6.07) is 6.41. The minimum Gasteiger partial charge on any atom is -0.395 e. The Morgan fingerprint density at radius 3 is 2.94 bits per heavy atom. The van der Waals surface area contributed by atoms with Gasteiger partial charge in [-0.15, -0.1) is 11.8 Å². The summed E-state index contributed by atoms with van der Waals surface area (Å²) in [4.78, 5) is 1.40. The molecule has 0 saturated carbocycles. The smallest absolute Gasteiger partial charge is 0.0601 e. The SMILES string of the molecule is NC(CO)C1(c2ccc3c(c2)CCCS3)COC1. The van der Waals surface area contributed by atoms with E-state index in [1.807, 2.05) is 11.8 Å². The van der Waals surface area contributed by atoms with Crippen molar-refractivity contribution in [2.24, 2.45) is 5.73 Å². The van der Waals surface area contributed by atoms with E-state index in [0.29, 0.717) is 13.2 Å². The Morgan fingerprint density at radius 2 is 2.28 bits per heavy atom. The van der Waals surface area contributed by atoms with E-state index >= 15 is 0 Å². The van der Waals surface area contributed by atoms with Crippen molar-refractivity contribution in [2.45, 2.75) is 29.2 Å². The number of benzene rings is 1. The quantitative estimate of drug-likeness (QED) is 0.865.